The number of halogens is 1. The zero-order valence-electron chi connectivity index (χ0n) is 21.4. The van der Waals surface area contributed by atoms with E-state index in [1.165, 1.54) is 5.56 Å². The number of carbonyl (C=O) groups excluding carboxylic acids is 2. The molecule has 3 aromatic carbocycles. The molecule has 0 bridgehead atoms. The summed E-state index contributed by atoms with van der Waals surface area (Å²) in [7, 11) is 0. The number of carbonyl (C=O) groups is 2. The Bertz CT molecular complexity index is 1200. The number of benzene rings is 3. The first-order chi connectivity index (χ1) is 17.9. The third kappa shape index (κ3) is 8.25. The number of rotatable bonds is 13. The van der Waals surface area contributed by atoms with Crippen molar-refractivity contribution >= 4 is 39.1 Å². The van der Waals surface area contributed by atoms with Gasteiger partial charge in [-0.2, -0.15) is 0 Å². The van der Waals surface area contributed by atoms with Gasteiger partial charge in [-0.3, -0.25) is 9.59 Å². The normalized spacial score (nSPS) is 10.5. The van der Waals surface area contributed by atoms with Crippen LogP contribution < -0.4 is 24.8 Å². The predicted octanol–water partition coefficient (Wildman–Crippen LogP) is 6.86. The molecular formula is C29H33BrN2O5. The fourth-order valence-corrected chi connectivity index (χ4v) is 4.14. The topological polar surface area (TPSA) is 85.9 Å². The van der Waals surface area contributed by atoms with Gasteiger partial charge in [-0.05, 0) is 72.4 Å². The highest BCUT2D eigenvalue weighted by atomic mass is 79.9. The maximum absolute atomic E-state index is 12.7. The van der Waals surface area contributed by atoms with Crippen LogP contribution in [0.25, 0.3) is 0 Å². The zero-order valence-corrected chi connectivity index (χ0v) is 23.0. The molecule has 0 aliphatic heterocycles. The molecule has 37 heavy (non-hydrogen) atoms. The van der Waals surface area contributed by atoms with E-state index in [1.54, 1.807) is 36.4 Å². The molecule has 0 saturated heterocycles. The third-order valence-corrected chi connectivity index (χ3v) is 6.07. The molecule has 196 valence electrons. The summed E-state index contributed by atoms with van der Waals surface area (Å²) in [6.45, 7) is 7.00. The van der Waals surface area contributed by atoms with Crippen LogP contribution in [0.2, 0.25) is 0 Å². The number of aryl methyl sites for hydroxylation is 1. The molecule has 0 heterocycles. The Labute approximate surface area is 226 Å². The minimum absolute atomic E-state index is 0.173. The van der Waals surface area contributed by atoms with E-state index >= 15 is 0 Å². The molecule has 7 nitrogen and oxygen atoms in total. The first kappa shape index (κ1) is 28.1. The molecule has 3 rings (SSSR count). The Morgan fingerprint density at radius 2 is 1.43 bits per heavy atom. The van der Waals surface area contributed by atoms with E-state index in [1.807, 2.05) is 38.1 Å². The van der Waals surface area contributed by atoms with Crippen LogP contribution in [0, 0.1) is 0 Å². The van der Waals surface area contributed by atoms with E-state index in [2.05, 4.69) is 33.5 Å². The molecule has 0 fully saturated rings. The van der Waals surface area contributed by atoms with Crippen LogP contribution in [0.1, 0.15) is 49.5 Å². The lowest BCUT2D eigenvalue weighted by Gasteiger charge is -2.18. The van der Waals surface area contributed by atoms with Crippen LogP contribution in [0.5, 0.6) is 17.2 Å². The van der Waals surface area contributed by atoms with Crippen LogP contribution in [0.4, 0.5) is 11.4 Å². The molecule has 0 aliphatic rings. The molecule has 2 N–H and O–H groups in total. The molecule has 0 radical (unpaired) electrons. The van der Waals surface area contributed by atoms with Gasteiger partial charge in [0.05, 0.1) is 35.7 Å². The summed E-state index contributed by atoms with van der Waals surface area (Å²) >= 11 is 3.53. The molecule has 0 atom stereocenters. The maximum Gasteiger partial charge on any atom is 0.255 e. The van der Waals surface area contributed by atoms with Crippen molar-refractivity contribution < 1.29 is 23.8 Å². The second kappa shape index (κ2) is 14.3. The van der Waals surface area contributed by atoms with Gasteiger partial charge in [-0.25, -0.2) is 0 Å². The Kier molecular flexibility index (Phi) is 10.8. The number of anilines is 2. The van der Waals surface area contributed by atoms with E-state index in [0.717, 1.165) is 16.6 Å². The van der Waals surface area contributed by atoms with Crippen LogP contribution in [-0.2, 0) is 11.2 Å². The van der Waals surface area contributed by atoms with Crippen molar-refractivity contribution in [1.29, 1.82) is 0 Å². The van der Waals surface area contributed by atoms with Gasteiger partial charge >= 0.3 is 0 Å². The molecule has 2 amide bonds. The monoisotopic (exact) mass is 568 g/mol. The minimum Gasteiger partial charge on any atom is -0.492 e. The van der Waals surface area contributed by atoms with Gasteiger partial charge in [0.2, 0.25) is 5.91 Å². The summed E-state index contributed by atoms with van der Waals surface area (Å²) < 4.78 is 18.3. The van der Waals surface area contributed by atoms with Crippen molar-refractivity contribution in [2.75, 3.05) is 30.5 Å². The second-order valence-electron chi connectivity index (χ2n) is 8.15. The minimum atomic E-state index is -0.267. The molecule has 0 saturated carbocycles. The fourth-order valence-electron chi connectivity index (χ4n) is 3.60. The van der Waals surface area contributed by atoms with Crippen molar-refractivity contribution in [2.45, 2.75) is 40.0 Å². The van der Waals surface area contributed by atoms with Crippen molar-refractivity contribution in [1.82, 2.24) is 0 Å². The molecule has 0 spiro atoms. The summed E-state index contributed by atoms with van der Waals surface area (Å²) in [5, 5.41) is 5.79. The van der Waals surface area contributed by atoms with E-state index in [4.69, 9.17) is 14.2 Å². The van der Waals surface area contributed by atoms with Gasteiger partial charge in [0.15, 0.2) is 0 Å². The SMILES string of the molecule is CCOc1cc(NC(=O)c2ccccc2)c(OCC)cc1NC(=O)CCCOc1ccc(CC)cc1Br. The van der Waals surface area contributed by atoms with E-state index in [-0.39, 0.29) is 18.2 Å². The van der Waals surface area contributed by atoms with Gasteiger partial charge in [-0.1, -0.05) is 31.2 Å². The number of hydrogen-bond donors (Lipinski definition) is 2. The van der Waals surface area contributed by atoms with Crippen molar-refractivity contribution in [2.24, 2.45) is 0 Å². The Morgan fingerprint density at radius 3 is 2.03 bits per heavy atom. The molecular weight excluding hydrogens is 536 g/mol. The molecule has 0 aliphatic carbocycles. The Morgan fingerprint density at radius 1 is 0.784 bits per heavy atom. The number of amides is 2. The van der Waals surface area contributed by atoms with Crippen molar-refractivity contribution in [3.63, 3.8) is 0 Å². The third-order valence-electron chi connectivity index (χ3n) is 5.45. The van der Waals surface area contributed by atoms with Crippen molar-refractivity contribution in [3.05, 3.63) is 76.3 Å². The van der Waals surface area contributed by atoms with Crippen LogP contribution >= 0.6 is 15.9 Å². The maximum atomic E-state index is 12.7. The lowest BCUT2D eigenvalue weighted by molar-refractivity contribution is -0.116. The fraction of sp³-hybridized carbons (Fsp3) is 0.310. The van der Waals surface area contributed by atoms with E-state index in [0.29, 0.717) is 54.7 Å². The first-order valence-electron chi connectivity index (χ1n) is 12.5. The number of hydrogen-bond acceptors (Lipinski definition) is 5. The summed E-state index contributed by atoms with van der Waals surface area (Å²) in [4.78, 5) is 25.4. The predicted molar refractivity (Wildman–Crippen MR) is 150 cm³/mol. The summed E-state index contributed by atoms with van der Waals surface area (Å²) in [5.41, 5.74) is 2.69. The number of nitrogens with one attached hydrogen (secondary N) is 2. The van der Waals surface area contributed by atoms with E-state index < -0.39 is 0 Å². The van der Waals surface area contributed by atoms with Gasteiger partial charge in [0, 0.05) is 24.1 Å². The van der Waals surface area contributed by atoms with E-state index in [9.17, 15) is 9.59 Å². The molecule has 0 aromatic heterocycles. The Balaban J connectivity index is 1.65. The lowest BCUT2D eigenvalue weighted by Crippen LogP contribution is -2.16. The average molecular weight is 569 g/mol. The molecule has 3 aromatic rings. The highest BCUT2D eigenvalue weighted by molar-refractivity contribution is 9.10. The first-order valence-corrected chi connectivity index (χ1v) is 13.3. The summed E-state index contributed by atoms with van der Waals surface area (Å²) in [6.07, 6.45) is 1.77. The zero-order chi connectivity index (χ0) is 26.6. The molecule has 8 heteroatoms. The lowest BCUT2D eigenvalue weighted by atomic mass is 10.2. The van der Waals surface area contributed by atoms with Gasteiger partial charge in [0.1, 0.15) is 17.2 Å². The Hall–Kier alpha value is -3.52. The van der Waals surface area contributed by atoms with Crippen LogP contribution in [0.3, 0.4) is 0 Å². The average Bonchev–Trinajstić information content (AvgIpc) is 2.90. The van der Waals surface area contributed by atoms with Gasteiger partial charge in [0.25, 0.3) is 5.91 Å². The standard InChI is InChI=1S/C29H33BrN2O5/c1-4-20-14-15-25(22(30)17-20)37-16-10-13-28(33)31-23-18-27(36-6-3)24(19-26(23)35-5-2)32-29(34)21-11-8-7-9-12-21/h7-9,11-12,14-15,17-19H,4-6,10,13,16H2,1-3H3,(H,31,33)(H,32,34). The quantitative estimate of drug-likeness (QED) is 0.220. The largest absolute Gasteiger partial charge is 0.492 e. The summed E-state index contributed by atoms with van der Waals surface area (Å²) in [6, 6.07) is 18.3. The van der Waals surface area contributed by atoms with Crippen LogP contribution in [0.15, 0.2) is 65.1 Å². The van der Waals surface area contributed by atoms with Gasteiger partial charge in [-0.15, -0.1) is 0 Å². The molecule has 0 unspecified atom stereocenters. The summed E-state index contributed by atoms with van der Waals surface area (Å²) in [5.74, 6) is 1.20. The highest BCUT2D eigenvalue weighted by Gasteiger charge is 2.17. The highest BCUT2D eigenvalue weighted by Crippen LogP contribution is 2.37. The smallest absolute Gasteiger partial charge is 0.255 e. The van der Waals surface area contributed by atoms with Crippen molar-refractivity contribution in [3.8, 4) is 17.2 Å². The number of ether oxygens (including phenoxy) is 3. The van der Waals surface area contributed by atoms with Gasteiger partial charge < -0.3 is 24.8 Å². The van der Waals surface area contributed by atoms with Crippen LogP contribution in [-0.4, -0.2) is 31.6 Å². The second-order valence-corrected chi connectivity index (χ2v) is 9.00.